The van der Waals surface area contributed by atoms with Crippen LogP contribution in [0.3, 0.4) is 0 Å². The van der Waals surface area contributed by atoms with Crippen molar-refractivity contribution in [1.29, 1.82) is 0 Å². The second-order valence-electron chi connectivity index (χ2n) is 7.53. The number of amides is 1. The molecule has 0 aromatic heterocycles. The van der Waals surface area contributed by atoms with E-state index in [-0.39, 0.29) is 16.9 Å². The molecule has 1 saturated heterocycles. The molecule has 1 aliphatic rings. The van der Waals surface area contributed by atoms with Gasteiger partial charge in [0.05, 0.1) is 38.5 Å². The number of anilines is 1. The van der Waals surface area contributed by atoms with E-state index in [4.69, 9.17) is 14.2 Å². The molecule has 1 heterocycles. The van der Waals surface area contributed by atoms with Gasteiger partial charge >= 0.3 is 0 Å². The van der Waals surface area contributed by atoms with Crippen LogP contribution in [0.25, 0.3) is 5.76 Å². The zero-order valence-electron chi connectivity index (χ0n) is 18.8. The summed E-state index contributed by atoms with van der Waals surface area (Å²) in [6.45, 7) is 0. The van der Waals surface area contributed by atoms with Gasteiger partial charge in [0, 0.05) is 11.8 Å². The summed E-state index contributed by atoms with van der Waals surface area (Å²) >= 11 is 0. The second kappa shape index (κ2) is 9.19. The van der Waals surface area contributed by atoms with Crippen LogP contribution in [0.5, 0.6) is 23.0 Å². The summed E-state index contributed by atoms with van der Waals surface area (Å²) in [5.41, 5.74) is 1.01. The van der Waals surface area contributed by atoms with Gasteiger partial charge in [-0.25, -0.2) is 0 Å². The summed E-state index contributed by atoms with van der Waals surface area (Å²) in [5.74, 6) is -0.814. The van der Waals surface area contributed by atoms with E-state index in [9.17, 15) is 19.8 Å². The number of rotatable bonds is 6. The first kappa shape index (κ1) is 22.7. The van der Waals surface area contributed by atoms with E-state index in [1.807, 2.05) is 0 Å². The SMILES string of the molecule is COc1cccc(N2C(=O)C(=O)/C(=C(/O)c3cc(OC)ccc3OC)C2c2ccc(O)cc2)c1. The molecule has 1 fully saturated rings. The molecular formula is C26H23NO7. The number of benzene rings is 3. The number of nitrogens with zero attached hydrogens (tertiary/aromatic N) is 1. The number of phenolic OH excluding ortho intramolecular Hbond substituents is 1. The van der Waals surface area contributed by atoms with Crippen LogP contribution in [-0.4, -0.2) is 43.2 Å². The Balaban J connectivity index is 1.98. The van der Waals surface area contributed by atoms with Gasteiger partial charge in [0.2, 0.25) is 0 Å². The Labute approximate surface area is 196 Å². The number of ketones is 1. The normalized spacial score (nSPS) is 17.0. The summed E-state index contributed by atoms with van der Waals surface area (Å²) in [5, 5.41) is 21.1. The van der Waals surface area contributed by atoms with Crippen LogP contribution in [-0.2, 0) is 9.59 Å². The van der Waals surface area contributed by atoms with Crippen molar-refractivity contribution in [2.75, 3.05) is 26.2 Å². The molecule has 8 heteroatoms. The van der Waals surface area contributed by atoms with Gasteiger partial charge in [-0.2, -0.15) is 0 Å². The Hall–Kier alpha value is -4.46. The second-order valence-corrected chi connectivity index (χ2v) is 7.53. The maximum atomic E-state index is 13.3. The number of carbonyl (C=O) groups excluding carboxylic acids is 2. The average Bonchev–Trinajstić information content (AvgIpc) is 3.13. The van der Waals surface area contributed by atoms with Crippen molar-refractivity contribution < 1.29 is 34.0 Å². The summed E-state index contributed by atoms with van der Waals surface area (Å²) in [7, 11) is 4.41. The first-order valence-electron chi connectivity index (χ1n) is 10.4. The predicted octanol–water partition coefficient (Wildman–Crippen LogP) is 4.04. The molecule has 174 valence electrons. The molecule has 0 radical (unpaired) electrons. The fourth-order valence-electron chi connectivity index (χ4n) is 3.98. The van der Waals surface area contributed by atoms with E-state index in [0.29, 0.717) is 28.5 Å². The number of methoxy groups -OCH3 is 3. The minimum atomic E-state index is -0.969. The fourth-order valence-corrected chi connectivity index (χ4v) is 3.98. The predicted molar refractivity (Wildman–Crippen MR) is 125 cm³/mol. The Morgan fingerprint density at radius 3 is 2.18 bits per heavy atom. The average molecular weight is 461 g/mol. The number of aliphatic hydroxyl groups excluding tert-OH is 1. The minimum Gasteiger partial charge on any atom is -0.508 e. The van der Waals surface area contributed by atoms with E-state index >= 15 is 0 Å². The standard InChI is InChI=1S/C26H23NO7/c1-32-18-6-4-5-16(13-18)27-23(15-7-9-17(28)10-8-15)22(25(30)26(27)31)24(29)20-14-19(33-2)11-12-21(20)34-3/h4-14,23,28-29H,1-3H3/b24-22+. The molecule has 34 heavy (non-hydrogen) atoms. The lowest BCUT2D eigenvalue weighted by molar-refractivity contribution is -0.132. The Morgan fingerprint density at radius 2 is 1.53 bits per heavy atom. The van der Waals surface area contributed by atoms with Crippen LogP contribution in [0.15, 0.2) is 72.3 Å². The smallest absolute Gasteiger partial charge is 0.300 e. The number of hydrogen-bond donors (Lipinski definition) is 2. The Morgan fingerprint density at radius 1 is 0.853 bits per heavy atom. The Kier molecular flexibility index (Phi) is 6.14. The zero-order valence-corrected chi connectivity index (χ0v) is 18.8. The van der Waals surface area contributed by atoms with Crippen molar-refractivity contribution in [3.63, 3.8) is 0 Å². The van der Waals surface area contributed by atoms with Crippen molar-refractivity contribution in [2.24, 2.45) is 0 Å². The van der Waals surface area contributed by atoms with Gasteiger partial charge in [0.15, 0.2) is 0 Å². The third kappa shape index (κ3) is 3.90. The van der Waals surface area contributed by atoms with E-state index in [0.717, 1.165) is 0 Å². The van der Waals surface area contributed by atoms with Crippen LogP contribution in [0.4, 0.5) is 5.69 Å². The molecule has 1 amide bonds. The highest BCUT2D eigenvalue weighted by molar-refractivity contribution is 6.51. The molecule has 4 rings (SSSR count). The van der Waals surface area contributed by atoms with Crippen LogP contribution < -0.4 is 19.1 Å². The zero-order chi connectivity index (χ0) is 24.4. The molecule has 0 bridgehead atoms. The topological polar surface area (TPSA) is 106 Å². The molecule has 0 saturated carbocycles. The van der Waals surface area contributed by atoms with Gasteiger partial charge in [-0.05, 0) is 48.0 Å². The summed E-state index contributed by atoms with van der Waals surface area (Å²) in [4.78, 5) is 27.9. The monoisotopic (exact) mass is 461 g/mol. The minimum absolute atomic E-state index is 0.0246. The fraction of sp³-hybridized carbons (Fsp3) is 0.154. The van der Waals surface area contributed by atoms with E-state index in [1.54, 1.807) is 48.5 Å². The number of phenols is 1. The molecule has 1 aliphatic heterocycles. The third-order valence-electron chi connectivity index (χ3n) is 5.65. The molecule has 0 aliphatic carbocycles. The van der Waals surface area contributed by atoms with Crippen molar-refractivity contribution in [3.8, 4) is 23.0 Å². The van der Waals surface area contributed by atoms with Gasteiger partial charge in [0.1, 0.15) is 28.8 Å². The van der Waals surface area contributed by atoms with Gasteiger partial charge in [-0.3, -0.25) is 14.5 Å². The molecule has 3 aromatic carbocycles. The quantitative estimate of drug-likeness (QED) is 0.324. The molecule has 1 unspecified atom stereocenters. The Bertz CT molecular complexity index is 1280. The van der Waals surface area contributed by atoms with Crippen molar-refractivity contribution in [1.82, 2.24) is 0 Å². The molecule has 2 N–H and O–H groups in total. The van der Waals surface area contributed by atoms with E-state index in [1.165, 1.54) is 44.4 Å². The van der Waals surface area contributed by atoms with Crippen molar-refractivity contribution in [3.05, 3.63) is 83.4 Å². The molecule has 8 nitrogen and oxygen atoms in total. The number of hydrogen-bond acceptors (Lipinski definition) is 7. The van der Waals surface area contributed by atoms with Crippen molar-refractivity contribution >= 4 is 23.1 Å². The lowest BCUT2D eigenvalue weighted by atomic mass is 9.94. The van der Waals surface area contributed by atoms with Gasteiger partial charge in [0.25, 0.3) is 11.7 Å². The largest absolute Gasteiger partial charge is 0.508 e. The molecular weight excluding hydrogens is 438 g/mol. The third-order valence-corrected chi connectivity index (χ3v) is 5.65. The maximum absolute atomic E-state index is 13.3. The number of ether oxygens (including phenoxy) is 3. The molecule has 0 spiro atoms. The van der Waals surface area contributed by atoms with Gasteiger partial charge in [-0.15, -0.1) is 0 Å². The number of aliphatic hydroxyl groups is 1. The van der Waals surface area contributed by atoms with E-state index < -0.39 is 23.5 Å². The molecule has 3 aromatic rings. The summed E-state index contributed by atoms with van der Waals surface area (Å²) in [6.07, 6.45) is 0. The highest BCUT2D eigenvalue weighted by Gasteiger charge is 2.47. The van der Waals surface area contributed by atoms with Gasteiger partial charge in [-0.1, -0.05) is 18.2 Å². The summed E-state index contributed by atoms with van der Waals surface area (Å²) < 4.78 is 15.9. The van der Waals surface area contributed by atoms with Gasteiger partial charge < -0.3 is 24.4 Å². The molecule has 1 atom stereocenters. The van der Waals surface area contributed by atoms with Crippen LogP contribution in [0.1, 0.15) is 17.2 Å². The first-order valence-corrected chi connectivity index (χ1v) is 10.4. The van der Waals surface area contributed by atoms with Crippen LogP contribution >= 0.6 is 0 Å². The number of Topliss-reactive ketones (excluding diaryl/α,β-unsaturated/α-hetero) is 1. The maximum Gasteiger partial charge on any atom is 0.300 e. The lowest BCUT2D eigenvalue weighted by Gasteiger charge is -2.26. The number of carbonyl (C=O) groups is 2. The lowest BCUT2D eigenvalue weighted by Crippen LogP contribution is -2.29. The van der Waals surface area contributed by atoms with Crippen LogP contribution in [0, 0.1) is 0 Å². The van der Waals surface area contributed by atoms with Crippen molar-refractivity contribution in [2.45, 2.75) is 6.04 Å². The van der Waals surface area contributed by atoms with E-state index in [2.05, 4.69) is 0 Å². The summed E-state index contributed by atoms with van der Waals surface area (Å²) in [6, 6.07) is 16.6. The number of aromatic hydroxyl groups is 1. The first-order chi connectivity index (χ1) is 16.4. The highest BCUT2D eigenvalue weighted by Crippen LogP contribution is 2.44. The highest BCUT2D eigenvalue weighted by atomic mass is 16.5. The van der Waals surface area contributed by atoms with Crippen LogP contribution in [0.2, 0.25) is 0 Å².